The molecule has 0 heterocycles. The number of unbranched alkanes of at least 4 members (excludes halogenated alkanes) is 3. The van der Waals surface area contributed by atoms with Crippen LogP contribution >= 0.6 is 9.24 Å². The molecule has 240 valence electrons. The number of fused-ring (bicyclic) bond motifs is 1. The maximum Gasteiger partial charge on any atom is 0.178 e. The lowest BCUT2D eigenvalue weighted by Crippen LogP contribution is -2.25. The fourth-order valence-electron chi connectivity index (χ4n) is 5.66. The molecule has 0 aromatic heterocycles. The molecule has 5 rings (SSSR count). The normalized spacial score (nSPS) is 17.4. The van der Waals surface area contributed by atoms with Gasteiger partial charge in [0.15, 0.2) is 11.6 Å². The van der Waals surface area contributed by atoms with Gasteiger partial charge in [-0.15, -0.1) is 15.8 Å². The summed E-state index contributed by atoms with van der Waals surface area (Å²) < 4.78 is 0. The third kappa shape index (κ3) is 9.72. The Hall–Kier alpha value is -3.55. The number of ketones is 2. The van der Waals surface area contributed by atoms with Crippen molar-refractivity contribution in [2.75, 3.05) is 0 Å². The maximum atomic E-state index is 13.1. The molecule has 0 radical (unpaired) electrons. The van der Waals surface area contributed by atoms with E-state index in [1.807, 2.05) is 37.3 Å². The summed E-state index contributed by atoms with van der Waals surface area (Å²) in [5.41, 5.74) is 7.65. The van der Waals surface area contributed by atoms with Crippen molar-refractivity contribution in [1.82, 2.24) is 0 Å². The third-order valence-electron chi connectivity index (χ3n) is 8.31. The molecule has 3 nitrogen and oxygen atoms in total. The lowest BCUT2D eigenvalue weighted by molar-refractivity contribution is -0.117. The van der Waals surface area contributed by atoms with Gasteiger partial charge in [-0.25, -0.2) is 0 Å². The van der Waals surface area contributed by atoms with E-state index < -0.39 is 5.41 Å². The van der Waals surface area contributed by atoms with Crippen molar-refractivity contribution in [3.63, 3.8) is 0 Å². The Morgan fingerprint density at radius 2 is 1.71 bits per heavy atom. The van der Waals surface area contributed by atoms with Gasteiger partial charge in [-0.05, 0) is 96.5 Å². The van der Waals surface area contributed by atoms with E-state index in [-0.39, 0.29) is 17.3 Å². The van der Waals surface area contributed by atoms with Crippen molar-refractivity contribution < 1.29 is 14.7 Å². The smallest absolute Gasteiger partial charge is 0.178 e. The Kier molecular flexibility index (Phi) is 15.4. The van der Waals surface area contributed by atoms with Crippen molar-refractivity contribution >= 4 is 31.7 Å². The average molecular weight is 625 g/mol. The first kappa shape index (κ1) is 37.6. The molecule has 0 saturated heterocycles. The molecule has 0 aliphatic heterocycles. The summed E-state index contributed by atoms with van der Waals surface area (Å²) in [6.07, 6.45) is 17.1. The Morgan fingerprint density at radius 1 is 1.02 bits per heavy atom. The number of carbonyl (C=O) groups is 2. The molecule has 45 heavy (non-hydrogen) atoms. The number of allylic oxidation sites excluding steroid dienone is 9. The number of benzene rings is 2. The van der Waals surface area contributed by atoms with Crippen LogP contribution in [0.2, 0.25) is 0 Å². The van der Waals surface area contributed by atoms with E-state index in [1.165, 1.54) is 42.9 Å². The van der Waals surface area contributed by atoms with Gasteiger partial charge in [0.1, 0.15) is 5.75 Å². The highest BCUT2D eigenvalue weighted by Crippen LogP contribution is 2.65. The van der Waals surface area contributed by atoms with Crippen LogP contribution in [0.5, 0.6) is 5.75 Å². The van der Waals surface area contributed by atoms with Crippen LogP contribution in [-0.2, 0) is 16.0 Å². The molecule has 0 amide bonds. The number of hydrogen-bond acceptors (Lipinski definition) is 3. The Morgan fingerprint density at radius 3 is 2.24 bits per heavy atom. The van der Waals surface area contributed by atoms with Crippen LogP contribution in [0.15, 0.2) is 109 Å². The molecule has 2 atom stereocenters. The minimum Gasteiger partial charge on any atom is -0.507 e. The second-order valence-electron chi connectivity index (χ2n) is 11.8. The van der Waals surface area contributed by atoms with Crippen molar-refractivity contribution in [3.8, 4) is 5.75 Å². The number of phenolic OH excluding ortho intramolecular Hbond substituents is 1. The quantitative estimate of drug-likeness (QED) is 0.172. The SMILES string of the molecule is C=C1CCC=C2C=C(c3c(O)cccc3P)C(=O)C3(C)C1=C23.C=CC(=O)CCc1ccccc1C.C=CCCC.CCCCC. The van der Waals surface area contributed by atoms with E-state index in [0.29, 0.717) is 17.6 Å². The van der Waals surface area contributed by atoms with Gasteiger partial charge in [0.2, 0.25) is 0 Å². The maximum absolute atomic E-state index is 13.1. The predicted octanol–water partition coefficient (Wildman–Crippen LogP) is 10.3. The average Bonchev–Trinajstić information content (AvgIpc) is 3.71. The summed E-state index contributed by atoms with van der Waals surface area (Å²) in [5.74, 6) is 0.336. The molecular weight excluding hydrogens is 571 g/mol. The van der Waals surface area contributed by atoms with Gasteiger partial charge in [-0.2, -0.15) is 0 Å². The fourth-order valence-corrected chi connectivity index (χ4v) is 6.08. The van der Waals surface area contributed by atoms with E-state index in [9.17, 15) is 14.7 Å². The van der Waals surface area contributed by atoms with Crippen LogP contribution in [0.4, 0.5) is 0 Å². The molecule has 2 aromatic carbocycles. The first-order valence-corrected chi connectivity index (χ1v) is 16.9. The zero-order valence-corrected chi connectivity index (χ0v) is 29.3. The first-order chi connectivity index (χ1) is 21.5. The third-order valence-corrected chi connectivity index (χ3v) is 8.79. The molecule has 4 heteroatoms. The van der Waals surface area contributed by atoms with Gasteiger partial charge in [0, 0.05) is 17.6 Å². The molecule has 2 unspecified atom stereocenters. The van der Waals surface area contributed by atoms with Crippen molar-refractivity contribution in [1.29, 1.82) is 0 Å². The molecule has 3 aliphatic rings. The zero-order chi connectivity index (χ0) is 33.6. The van der Waals surface area contributed by atoms with Crippen molar-refractivity contribution in [2.24, 2.45) is 5.41 Å². The molecule has 0 fully saturated rings. The van der Waals surface area contributed by atoms with Gasteiger partial charge < -0.3 is 5.11 Å². The second-order valence-corrected chi connectivity index (χ2v) is 12.5. The highest BCUT2D eigenvalue weighted by Gasteiger charge is 2.59. The molecule has 3 aliphatic carbocycles. The molecule has 2 aromatic rings. The van der Waals surface area contributed by atoms with E-state index in [0.717, 1.165) is 53.3 Å². The highest BCUT2D eigenvalue weighted by molar-refractivity contribution is 7.27. The van der Waals surface area contributed by atoms with Gasteiger partial charge in [-0.1, -0.05) is 108 Å². The van der Waals surface area contributed by atoms with Crippen molar-refractivity contribution in [2.45, 2.75) is 92.4 Å². The van der Waals surface area contributed by atoms with Gasteiger partial charge >= 0.3 is 0 Å². The summed E-state index contributed by atoms with van der Waals surface area (Å²) in [6, 6.07) is 13.4. The molecule has 0 bridgehead atoms. The Bertz CT molecular complexity index is 1460. The summed E-state index contributed by atoms with van der Waals surface area (Å²) in [5, 5.41) is 11.1. The monoisotopic (exact) mass is 624 g/mol. The molecule has 1 N–H and O–H groups in total. The summed E-state index contributed by atoms with van der Waals surface area (Å²) in [4.78, 5) is 24.1. The van der Waals surface area contributed by atoms with Gasteiger partial charge in [-0.3, -0.25) is 9.59 Å². The summed E-state index contributed by atoms with van der Waals surface area (Å²) >= 11 is 0. The van der Waals surface area contributed by atoms with Gasteiger partial charge in [0.05, 0.1) is 5.41 Å². The number of aryl methyl sites for hydroxylation is 2. The predicted molar refractivity (Wildman–Crippen MR) is 197 cm³/mol. The lowest BCUT2D eigenvalue weighted by atomic mass is 9.78. The Labute approximate surface area is 274 Å². The summed E-state index contributed by atoms with van der Waals surface area (Å²) in [6.45, 7) is 21.8. The van der Waals surface area contributed by atoms with Crippen LogP contribution in [0.3, 0.4) is 0 Å². The zero-order valence-electron chi connectivity index (χ0n) is 28.2. The first-order valence-electron chi connectivity index (χ1n) is 16.3. The van der Waals surface area contributed by atoms with Crippen LogP contribution in [-0.4, -0.2) is 16.7 Å². The van der Waals surface area contributed by atoms with Crippen LogP contribution in [0.1, 0.15) is 95.8 Å². The Balaban J connectivity index is 0.000000260. The minimum absolute atomic E-state index is 0.0721. The number of phenols is 1. The number of carbonyl (C=O) groups excluding carboxylic acids is 2. The fraction of sp³-hybridized carbons (Fsp3) is 0.366. The van der Waals surface area contributed by atoms with Crippen molar-refractivity contribution in [3.05, 3.63) is 125 Å². The molecule has 0 spiro atoms. The van der Waals surface area contributed by atoms with Crippen LogP contribution < -0.4 is 5.30 Å². The second kappa shape index (κ2) is 18.4. The van der Waals surface area contributed by atoms with E-state index in [1.54, 1.807) is 12.1 Å². The highest BCUT2D eigenvalue weighted by atomic mass is 31.0. The lowest BCUT2D eigenvalue weighted by Gasteiger charge is -2.24. The standard InChI is InChI=1S/C19H17O2P.C12H14O.C5H12.C5H10/c1-10-5-3-6-11-9-12(15-13(20)7-4-8-14(15)22)18(21)19(2)16(10)17(11)19;1-3-12(13)9-8-11-7-5-4-6-10(11)2;2*1-3-5-4-2/h4,6-9,20H,1,3,5,22H2,2H3;3-7H,1,8-9H2,2H3;3-5H2,1-2H3;3H,1,4-5H2,2H3. The van der Waals surface area contributed by atoms with Gasteiger partial charge in [0.25, 0.3) is 0 Å². The number of Topliss-reactive ketones (excluding diaryl/α,β-unsaturated/α-hetero) is 1. The largest absolute Gasteiger partial charge is 0.507 e. The number of aromatic hydroxyl groups is 1. The van der Waals surface area contributed by atoms with E-state index in [4.69, 9.17) is 0 Å². The van der Waals surface area contributed by atoms with Crippen LogP contribution in [0, 0.1) is 12.3 Å². The number of rotatable bonds is 9. The minimum atomic E-state index is -0.535. The summed E-state index contributed by atoms with van der Waals surface area (Å²) in [7, 11) is 2.61. The molecular formula is C41H53O3P. The number of hydrogen-bond donors (Lipinski definition) is 1. The van der Waals surface area contributed by atoms with Crippen LogP contribution in [0.25, 0.3) is 5.57 Å². The van der Waals surface area contributed by atoms with E-state index in [2.05, 4.69) is 74.9 Å². The molecule has 0 saturated carbocycles. The topological polar surface area (TPSA) is 54.4 Å². The van der Waals surface area contributed by atoms with E-state index >= 15 is 0 Å².